The zero-order valence-electron chi connectivity index (χ0n) is 13.9. The molecule has 1 aromatic carbocycles. The molecule has 0 aromatic heterocycles. The van der Waals surface area contributed by atoms with Crippen LogP contribution >= 0.6 is 0 Å². The molecule has 0 heteroatoms. The first-order valence-electron chi connectivity index (χ1n) is 7.50. The summed E-state index contributed by atoms with van der Waals surface area (Å²) in [5, 5.41) is 0. The topological polar surface area (TPSA) is 0 Å². The van der Waals surface area contributed by atoms with E-state index in [-0.39, 0.29) is 29.7 Å². The first kappa shape index (κ1) is 37.5. The Labute approximate surface area is 145 Å². The number of aryl methyl sites for hydroxylation is 2. The normalized spacial score (nSPS) is 8.00. The second-order valence-corrected chi connectivity index (χ2v) is 5.03. The van der Waals surface area contributed by atoms with Crippen molar-refractivity contribution in [3.05, 3.63) is 35.4 Å². The van der Waals surface area contributed by atoms with Gasteiger partial charge < -0.3 is 0 Å². The predicted octanol–water partition coefficient (Wildman–Crippen LogP) is 9.10. The molecule has 1 rings (SSSR count). The molecule has 0 aliphatic rings. The molecule has 0 spiro atoms. The van der Waals surface area contributed by atoms with Crippen molar-refractivity contribution in [1.82, 2.24) is 0 Å². The molecule has 0 nitrogen and oxygen atoms in total. The molecule has 0 N–H and O–H groups in total. The van der Waals surface area contributed by atoms with Gasteiger partial charge in [-0.15, -0.1) is 0 Å². The molecule has 0 saturated carbocycles. The first-order chi connectivity index (χ1) is 8.47. The lowest BCUT2D eigenvalue weighted by Gasteiger charge is -2.23. The van der Waals surface area contributed by atoms with E-state index in [0.717, 1.165) is 0 Å². The third-order valence-corrected chi connectivity index (χ3v) is 3.78. The van der Waals surface area contributed by atoms with Gasteiger partial charge in [0.15, 0.2) is 0 Å². The van der Waals surface area contributed by atoms with E-state index in [1.54, 1.807) is 0 Å². The molecule has 0 unspecified atom stereocenters. The molecule has 138 valence electrons. The number of benzene rings is 1. The zero-order valence-corrected chi connectivity index (χ0v) is 13.9. The van der Waals surface area contributed by atoms with Crippen molar-refractivity contribution in [2.45, 2.75) is 104 Å². The Morgan fingerprint density at radius 3 is 0.909 bits per heavy atom. The van der Waals surface area contributed by atoms with Crippen LogP contribution in [0.25, 0.3) is 0 Å². The third kappa shape index (κ3) is 19.2. The van der Waals surface area contributed by atoms with E-state index in [0.29, 0.717) is 5.41 Å². The Hall–Kier alpha value is -0.780. The predicted molar refractivity (Wildman–Crippen MR) is 113 cm³/mol. The summed E-state index contributed by atoms with van der Waals surface area (Å²) in [5.41, 5.74) is 3.28. The first-order valence-corrected chi connectivity index (χ1v) is 7.50. The molecule has 0 radical (unpaired) electrons. The molecule has 0 aliphatic carbocycles. The van der Waals surface area contributed by atoms with E-state index >= 15 is 0 Å². The fourth-order valence-electron chi connectivity index (χ4n) is 1.39. The van der Waals surface area contributed by atoms with Crippen LogP contribution in [-0.4, -0.2) is 0 Å². The second-order valence-electron chi connectivity index (χ2n) is 5.03. The third-order valence-electron chi connectivity index (χ3n) is 3.78. The molecule has 0 bridgehead atoms. The van der Waals surface area contributed by atoms with E-state index < -0.39 is 0 Å². The van der Waals surface area contributed by atoms with Gasteiger partial charge in [-0.05, 0) is 19.3 Å². The van der Waals surface area contributed by atoms with Crippen molar-refractivity contribution < 1.29 is 0 Å². The van der Waals surface area contributed by atoms with Crippen LogP contribution in [-0.2, 0) is 0 Å². The summed E-state index contributed by atoms with van der Waals surface area (Å²) in [6.45, 7) is 17.4. The molecule has 0 amide bonds. The van der Waals surface area contributed by atoms with E-state index in [4.69, 9.17) is 0 Å². The highest BCUT2D eigenvalue weighted by Crippen LogP contribution is 2.28. The van der Waals surface area contributed by atoms with Crippen molar-refractivity contribution >= 4 is 0 Å². The maximum atomic E-state index is 2.35. The maximum absolute atomic E-state index is 2.35. The molecular formula is C22H50. The lowest BCUT2D eigenvalue weighted by Crippen LogP contribution is -2.10. The van der Waals surface area contributed by atoms with Crippen LogP contribution in [0, 0.1) is 19.3 Å². The minimum atomic E-state index is 0. The summed E-state index contributed by atoms with van der Waals surface area (Å²) < 4.78 is 0. The standard InChI is InChI=1S/C8H10.C8H18.C2H6.4CH4/c1-7-3-5-8(2)6-4-7;1-5-8(4,6-2)7-3;1-2;;;;/h3-6H,1-2H3;5-7H2,1-4H3;1-2H3;4*1H4. The van der Waals surface area contributed by atoms with Gasteiger partial charge in [-0.1, -0.05) is 126 Å². The van der Waals surface area contributed by atoms with E-state index in [1.165, 1.54) is 30.4 Å². The lowest BCUT2D eigenvalue weighted by atomic mass is 9.82. The lowest BCUT2D eigenvalue weighted by molar-refractivity contribution is 0.286. The Morgan fingerprint density at radius 2 is 0.818 bits per heavy atom. The van der Waals surface area contributed by atoms with Crippen LogP contribution in [0.3, 0.4) is 0 Å². The van der Waals surface area contributed by atoms with E-state index in [1.807, 2.05) is 13.8 Å². The van der Waals surface area contributed by atoms with Crippen molar-refractivity contribution in [3.8, 4) is 0 Å². The monoisotopic (exact) mass is 314 g/mol. The van der Waals surface area contributed by atoms with Gasteiger partial charge in [0.05, 0.1) is 0 Å². The summed E-state index contributed by atoms with van der Waals surface area (Å²) in [4.78, 5) is 0. The van der Waals surface area contributed by atoms with Gasteiger partial charge in [0.25, 0.3) is 0 Å². The number of hydrogen-bond acceptors (Lipinski definition) is 0. The average Bonchev–Trinajstić information content (AvgIpc) is 2.44. The largest absolute Gasteiger partial charge is 0.0776 e. The Morgan fingerprint density at radius 1 is 0.636 bits per heavy atom. The molecule has 0 aliphatic heterocycles. The van der Waals surface area contributed by atoms with Gasteiger partial charge >= 0.3 is 0 Å². The molecule has 0 fully saturated rings. The minimum Gasteiger partial charge on any atom is -0.0776 e. The van der Waals surface area contributed by atoms with Gasteiger partial charge in [0, 0.05) is 0 Å². The van der Waals surface area contributed by atoms with Crippen LogP contribution in [0.15, 0.2) is 24.3 Å². The zero-order chi connectivity index (χ0) is 14.6. The molecular weight excluding hydrogens is 264 g/mol. The van der Waals surface area contributed by atoms with Crippen LogP contribution in [0.5, 0.6) is 0 Å². The fourth-order valence-corrected chi connectivity index (χ4v) is 1.39. The Bertz CT molecular complexity index is 235. The fraction of sp³-hybridized carbons (Fsp3) is 0.727. The number of rotatable bonds is 3. The van der Waals surface area contributed by atoms with Gasteiger partial charge in [-0.3, -0.25) is 0 Å². The Balaban J connectivity index is -0.0000000449. The van der Waals surface area contributed by atoms with Gasteiger partial charge in [-0.25, -0.2) is 0 Å². The van der Waals surface area contributed by atoms with E-state index in [2.05, 4.69) is 65.8 Å². The molecule has 22 heavy (non-hydrogen) atoms. The quantitative estimate of drug-likeness (QED) is 0.521. The SMILES string of the molecule is C.C.C.C.CC.CCC(C)(CC)CC.Cc1ccc(C)cc1. The smallest absolute Gasteiger partial charge is 0.0334 e. The highest BCUT2D eigenvalue weighted by atomic mass is 14.2. The maximum Gasteiger partial charge on any atom is -0.0334 e. The van der Waals surface area contributed by atoms with Crippen LogP contribution in [0.1, 0.15) is 102 Å². The average molecular weight is 315 g/mol. The van der Waals surface area contributed by atoms with Gasteiger partial charge in [-0.2, -0.15) is 0 Å². The summed E-state index contributed by atoms with van der Waals surface area (Å²) in [6, 6.07) is 8.48. The molecule has 0 atom stereocenters. The summed E-state index contributed by atoms with van der Waals surface area (Å²) >= 11 is 0. The van der Waals surface area contributed by atoms with Gasteiger partial charge in [0.1, 0.15) is 0 Å². The highest BCUT2D eigenvalue weighted by molar-refractivity contribution is 5.19. The van der Waals surface area contributed by atoms with Crippen LogP contribution in [0.2, 0.25) is 0 Å². The molecule has 1 aromatic rings. The molecule has 0 heterocycles. The van der Waals surface area contributed by atoms with Crippen molar-refractivity contribution in [1.29, 1.82) is 0 Å². The molecule has 0 saturated heterocycles. The van der Waals surface area contributed by atoms with Crippen molar-refractivity contribution in [2.75, 3.05) is 0 Å². The van der Waals surface area contributed by atoms with Crippen LogP contribution in [0.4, 0.5) is 0 Å². The van der Waals surface area contributed by atoms with Crippen molar-refractivity contribution in [2.24, 2.45) is 5.41 Å². The summed E-state index contributed by atoms with van der Waals surface area (Å²) in [6.07, 6.45) is 3.96. The minimum absolute atomic E-state index is 0. The van der Waals surface area contributed by atoms with Gasteiger partial charge in [0.2, 0.25) is 0 Å². The van der Waals surface area contributed by atoms with Crippen molar-refractivity contribution in [3.63, 3.8) is 0 Å². The van der Waals surface area contributed by atoms with E-state index in [9.17, 15) is 0 Å². The summed E-state index contributed by atoms with van der Waals surface area (Å²) in [5.74, 6) is 0. The van der Waals surface area contributed by atoms with Crippen LogP contribution < -0.4 is 0 Å². The Kier molecular flexibility index (Phi) is 38.3. The highest BCUT2D eigenvalue weighted by Gasteiger charge is 2.15. The second kappa shape index (κ2) is 22.5. The summed E-state index contributed by atoms with van der Waals surface area (Å²) in [7, 11) is 0. The number of hydrogen-bond donors (Lipinski definition) is 0.